The summed E-state index contributed by atoms with van der Waals surface area (Å²) in [5.41, 5.74) is -5.58. The van der Waals surface area contributed by atoms with Gasteiger partial charge in [0.1, 0.15) is 47.9 Å². The summed E-state index contributed by atoms with van der Waals surface area (Å²) in [6.45, 7) is 0.851. The third-order valence-electron chi connectivity index (χ3n) is 11.3. The van der Waals surface area contributed by atoms with Gasteiger partial charge in [-0.3, -0.25) is 31.9 Å². The fourth-order valence-corrected chi connectivity index (χ4v) is 13.3. The lowest BCUT2D eigenvalue weighted by molar-refractivity contribution is 0.0690. The molecule has 8 rings (SSSR count). The number of hydrogen-bond acceptors (Lipinski definition) is 27. The largest absolute Gasteiger partial charge is 0.505 e. The van der Waals surface area contributed by atoms with Gasteiger partial charge in [0.2, 0.25) is 16.7 Å². The van der Waals surface area contributed by atoms with Crippen LogP contribution in [0.25, 0.3) is 37.4 Å². The molecule has 6 aromatic carbocycles. The van der Waals surface area contributed by atoms with Crippen molar-refractivity contribution in [1.29, 1.82) is 0 Å². The molecule has 0 fully saturated rings. The monoisotopic (exact) mass is 1320 g/mol. The Balaban J connectivity index is 1.21. The summed E-state index contributed by atoms with van der Waals surface area (Å²) in [5.74, 6) is -5.63. The molecule has 0 saturated heterocycles. The number of carbonyl (C=O) groups is 1. The van der Waals surface area contributed by atoms with Crippen LogP contribution in [0.15, 0.2) is 133 Å². The summed E-state index contributed by atoms with van der Waals surface area (Å²) < 4.78 is 246. The maximum atomic E-state index is 13.1. The number of carboxylic acids is 1. The first-order valence-electron chi connectivity index (χ1n) is 21.9. The van der Waals surface area contributed by atoms with Gasteiger partial charge in [0.05, 0.1) is 38.2 Å². The second-order valence-corrected chi connectivity index (χ2v) is 27.9. The van der Waals surface area contributed by atoms with Crippen molar-refractivity contribution in [2.24, 2.45) is 30.7 Å². The van der Waals surface area contributed by atoms with E-state index in [1.807, 2.05) is 0 Å². The molecule has 0 spiro atoms. The highest BCUT2D eigenvalue weighted by Gasteiger charge is 2.31. The third-order valence-corrected chi connectivity index (χ3v) is 18.2. The van der Waals surface area contributed by atoms with Crippen LogP contribution in [0.3, 0.4) is 0 Å². The molecule has 10 N–H and O–H groups in total. The molecule has 0 aliphatic carbocycles. The number of nitrogens with zero attached hydrogens (tertiary/aromatic N) is 9. The number of azo groups is 3. The highest BCUT2D eigenvalue weighted by Crippen LogP contribution is 2.47. The first kappa shape index (κ1) is 62.0. The number of aromatic hydroxyl groups is 2. The van der Waals surface area contributed by atoms with E-state index < -0.39 is 175 Å². The first-order valence-corrected chi connectivity index (χ1v) is 32.9. The van der Waals surface area contributed by atoms with Crippen LogP contribution in [0.5, 0.6) is 17.4 Å². The molecule has 0 radical (unpaired) electrons. The Hall–Kier alpha value is -8.02. The lowest BCUT2D eigenvalue weighted by Crippen LogP contribution is -2.08. The summed E-state index contributed by atoms with van der Waals surface area (Å²) in [4.78, 5) is 9.58. The Kier molecular flexibility index (Phi) is 16.2. The van der Waals surface area contributed by atoms with Crippen LogP contribution in [0.1, 0.15) is 22.5 Å². The lowest BCUT2D eigenvalue weighted by atomic mass is 10.1. The normalized spacial score (nSPS) is 13.4. The standard InChI is InChI=1S/C41H31N9O26S8/c1-17-9-27(28(76-7-2-8-78(55,56)57)16-26(17)44-48-41-42-33-29(77-41)12-21(80(61,62)63)14-31(33)82(67,68)69)45-46-34-32(83(70,71)72)15-24-23(37(34)51)5-6-25(38(24)84(73,74)75)43-47-35-36(40(53)54)49-50(39(35)52)19-3-4-22-18(10-19)11-20(79(58,59)60)13-30(22)81(64,65)66/h3-6,9-16,51-52H,2,7-8H2,1H3,(H,53,54)(H,55,56,57)(H,58,59,60)(H,61,62,63)(H,64,65,66)(H,67,68,69)(H,70,71,72)(H,73,74,75). The molecule has 0 saturated carbocycles. The minimum atomic E-state index is -5.69. The van der Waals surface area contributed by atoms with E-state index in [0.717, 1.165) is 48.5 Å². The third kappa shape index (κ3) is 13.2. The molecule has 0 atom stereocenters. The van der Waals surface area contributed by atoms with Crippen molar-refractivity contribution in [1.82, 2.24) is 14.8 Å². The molecule has 2 heterocycles. The molecular weight excluding hydrogens is 1290 g/mol. The molecule has 0 unspecified atom stereocenters. The minimum Gasteiger partial charge on any atom is -0.505 e. The SMILES string of the molecule is Cc1cc(N=Nc2c(S(=O)(=O)O)cc3c(S(=O)(=O)O)c(N=Nc4c(C(=O)O)nn(-c5ccc6c(S(=O)(=O)O)cc(S(=O)(=O)O)cc6c5)c4O)ccc3c2O)c(OCCCS(=O)(=O)O)cc1N=Nc1nc2c(S(=O)(=O)O)cc(S(=O)(=O)O)cc2s1. The maximum Gasteiger partial charge on any atom is 0.358 e. The number of aromatic carboxylic acids is 1. The number of thiazole rings is 1. The molecule has 0 amide bonds. The number of aromatic nitrogens is 3. The summed E-state index contributed by atoms with van der Waals surface area (Å²) in [7, 11) is -36.3. The van der Waals surface area contributed by atoms with E-state index in [9.17, 15) is 111 Å². The number of phenols is 1. The van der Waals surface area contributed by atoms with Crippen molar-refractivity contribution in [3.8, 4) is 23.1 Å². The van der Waals surface area contributed by atoms with Crippen LogP contribution in [0.2, 0.25) is 0 Å². The van der Waals surface area contributed by atoms with Gasteiger partial charge >= 0.3 is 5.97 Å². The number of benzene rings is 6. The van der Waals surface area contributed by atoms with Gasteiger partial charge in [-0.05, 0) is 85.0 Å². The van der Waals surface area contributed by atoms with Gasteiger partial charge in [0, 0.05) is 22.2 Å². The molecule has 0 aliphatic heterocycles. The number of rotatable bonds is 19. The Morgan fingerprint density at radius 2 is 1.17 bits per heavy atom. The molecule has 84 heavy (non-hydrogen) atoms. The van der Waals surface area contributed by atoms with E-state index in [1.165, 1.54) is 6.92 Å². The van der Waals surface area contributed by atoms with Gasteiger partial charge in [-0.25, -0.2) is 9.78 Å². The van der Waals surface area contributed by atoms with E-state index >= 15 is 0 Å². The zero-order chi connectivity index (χ0) is 62.2. The van der Waals surface area contributed by atoms with E-state index in [4.69, 9.17) is 4.74 Å². The van der Waals surface area contributed by atoms with Gasteiger partial charge in [-0.15, -0.1) is 30.7 Å². The first-order chi connectivity index (χ1) is 38.6. The maximum absolute atomic E-state index is 13.1. The Labute approximate surface area is 473 Å². The lowest BCUT2D eigenvalue weighted by Gasteiger charge is -2.13. The average Bonchev–Trinajstić information content (AvgIpc) is 1.41. The Morgan fingerprint density at radius 1 is 0.583 bits per heavy atom. The molecule has 0 bridgehead atoms. The second kappa shape index (κ2) is 21.9. The number of carboxylic acid groups (broad SMARTS) is 1. The van der Waals surface area contributed by atoms with E-state index in [2.05, 4.69) is 40.8 Å². The van der Waals surface area contributed by atoms with Crippen LogP contribution in [-0.4, -0.2) is 139 Å². The highest BCUT2D eigenvalue weighted by atomic mass is 32.2. The van der Waals surface area contributed by atoms with Crippen molar-refractivity contribution in [2.45, 2.75) is 42.7 Å². The summed E-state index contributed by atoms with van der Waals surface area (Å²) in [6, 6.07) is 9.43. The average molecular weight is 1320 g/mol. The Morgan fingerprint density at radius 3 is 1.76 bits per heavy atom. The van der Waals surface area contributed by atoms with Gasteiger partial charge in [-0.2, -0.15) is 68.7 Å². The number of ether oxygens (including phenoxy) is 1. The quantitative estimate of drug-likeness (QED) is 0.0232. The van der Waals surface area contributed by atoms with Crippen LogP contribution < -0.4 is 4.74 Å². The van der Waals surface area contributed by atoms with E-state index in [0.29, 0.717) is 40.3 Å². The number of hydrogen-bond donors (Lipinski definition) is 10. The van der Waals surface area contributed by atoms with Gasteiger partial charge < -0.3 is 20.1 Å². The predicted molar refractivity (Wildman–Crippen MR) is 284 cm³/mol. The van der Waals surface area contributed by atoms with Crippen LogP contribution in [-0.2, 0) is 70.8 Å². The van der Waals surface area contributed by atoms with Gasteiger partial charge in [-0.1, -0.05) is 17.4 Å². The second-order valence-electron chi connectivity index (χ2n) is 17.0. The number of fused-ring (bicyclic) bond motifs is 3. The van der Waals surface area contributed by atoms with Crippen molar-refractivity contribution in [3.05, 3.63) is 84.1 Å². The minimum absolute atomic E-state index is 0.0992. The number of aryl methyl sites for hydroxylation is 1. The molecule has 2 aromatic heterocycles. The summed E-state index contributed by atoms with van der Waals surface area (Å²) >= 11 is 0.543. The molecule has 43 heteroatoms. The van der Waals surface area contributed by atoms with Crippen molar-refractivity contribution >= 4 is 153 Å². The number of phenolic OH excluding ortho intramolecular Hbond substituents is 1. The van der Waals surface area contributed by atoms with E-state index in [-0.39, 0.29) is 49.7 Å². The highest BCUT2D eigenvalue weighted by molar-refractivity contribution is 7.88. The molecular formula is C41H31N9O26S8. The van der Waals surface area contributed by atoms with E-state index in [1.54, 1.807) is 0 Å². The van der Waals surface area contributed by atoms with Crippen LogP contribution in [0, 0.1) is 6.92 Å². The van der Waals surface area contributed by atoms with Crippen LogP contribution >= 0.6 is 11.3 Å². The predicted octanol–water partition coefficient (Wildman–Crippen LogP) is 6.59. The fourth-order valence-electron chi connectivity index (χ4n) is 7.67. The molecule has 0 aliphatic rings. The smallest absolute Gasteiger partial charge is 0.358 e. The van der Waals surface area contributed by atoms with Crippen molar-refractivity contribution < 1.29 is 116 Å². The molecule has 35 nitrogen and oxygen atoms in total. The molecule has 444 valence electrons. The topological polar surface area (TPSA) is 572 Å². The fraction of sp³-hybridized carbons (Fsp3) is 0.0976. The summed E-state index contributed by atoms with van der Waals surface area (Å²) in [6.07, 6.45) is -0.379. The van der Waals surface area contributed by atoms with Gasteiger partial charge in [0.25, 0.3) is 70.8 Å². The Bertz CT molecular complexity index is 5130. The molecule has 8 aromatic rings. The van der Waals surface area contributed by atoms with Crippen molar-refractivity contribution in [3.63, 3.8) is 0 Å². The van der Waals surface area contributed by atoms with Gasteiger partial charge in [0.15, 0.2) is 11.4 Å². The van der Waals surface area contributed by atoms with Crippen LogP contribution in [0.4, 0.5) is 33.6 Å². The summed E-state index contributed by atoms with van der Waals surface area (Å²) in [5, 5.41) is 56.7. The zero-order valence-corrected chi connectivity index (χ0v) is 47.4. The van der Waals surface area contributed by atoms with Crippen molar-refractivity contribution in [2.75, 3.05) is 12.4 Å². The zero-order valence-electron chi connectivity index (χ0n) is 40.8.